The molecule has 1 nitrogen and oxygen atoms in total. The maximum Gasteiger partial charge on any atom is 0.140 e. The van der Waals surface area contributed by atoms with Crippen molar-refractivity contribution >= 4 is 11.8 Å². The molecule has 0 aromatic heterocycles. The van der Waals surface area contributed by atoms with E-state index in [1.54, 1.807) is 0 Å². The molecule has 1 aromatic carbocycles. The van der Waals surface area contributed by atoms with Gasteiger partial charge in [0.15, 0.2) is 0 Å². The lowest BCUT2D eigenvalue weighted by molar-refractivity contribution is 0.533. The number of halogens is 2. The van der Waals surface area contributed by atoms with E-state index in [1.165, 1.54) is 49.6 Å². The van der Waals surface area contributed by atoms with Crippen LogP contribution in [-0.4, -0.2) is 12.3 Å². The first-order valence-corrected chi connectivity index (χ1v) is 8.00. The third-order valence-electron chi connectivity index (χ3n) is 3.58. The summed E-state index contributed by atoms with van der Waals surface area (Å²) >= 11 is 1.33. The predicted molar refractivity (Wildman–Crippen MR) is 76.4 cm³/mol. The Balaban J connectivity index is 1.99. The summed E-state index contributed by atoms with van der Waals surface area (Å²) in [5.41, 5.74) is 0.669. The number of thioether (sulfide) groups is 1. The van der Waals surface area contributed by atoms with Gasteiger partial charge in [0.1, 0.15) is 11.6 Å². The van der Waals surface area contributed by atoms with Gasteiger partial charge in [0.25, 0.3) is 0 Å². The van der Waals surface area contributed by atoms with Gasteiger partial charge in [-0.25, -0.2) is 8.78 Å². The number of hydrogen-bond acceptors (Lipinski definition) is 2. The van der Waals surface area contributed by atoms with E-state index in [0.29, 0.717) is 18.0 Å². The molecule has 0 spiro atoms. The van der Waals surface area contributed by atoms with Crippen LogP contribution in [0.5, 0.6) is 0 Å². The zero-order valence-electron chi connectivity index (χ0n) is 11.3. The molecule has 0 unspecified atom stereocenters. The Morgan fingerprint density at radius 2 is 1.84 bits per heavy atom. The second-order valence-corrected chi connectivity index (χ2v) is 6.16. The summed E-state index contributed by atoms with van der Waals surface area (Å²) in [5, 5.41) is 3.08. The Morgan fingerprint density at radius 3 is 2.42 bits per heavy atom. The molecule has 106 valence electrons. The van der Waals surface area contributed by atoms with Crippen molar-refractivity contribution in [3.8, 4) is 0 Å². The van der Waals surface area contributed by atoms with Crippen LogP contribution in [0.2, 0.25) is 0 Å². The molecule has 4 heteroatoms. The minimum Gasteiger partial charge on any atom is -0.313 e. The molecule has 0 saturated heterocycles. The van der Waals surface area contributed by atoms with E-state index in [9.17, 15) is 8.78 Å². The van der Waals surface area contributed by atoms with E-state index in [4.69, 9.17) is 0 Å². The zero-order chi connectivity index (χ0) is 13.7. The highest BCUT2D eigenvalue weighted by Crippen LogP contribution is 2.33. The van der Waals surface area contributed by atoms with Gasteiger partial charge < -0.3 is 5.32 Å². The summed E-state index contributed by atoms with van der Waals surface area (Å²) in [4.78, 5) is 0.187. The van der Waals surface area contributed by atoms with Crippen LogP contribution in [0.3, 0.4) is 0 Å². The number of nitrogens with one attached hydrogen (secondary N) is 1. The zero-order valence-corrected chi connectivity index (χ0v) is 12.2. The van der Waals surface area contributed by atoms with Crippen molar-refractivity contribution in [2.24, 2.45) is 5.92 Å². The molecule has 0 atom stereocenters. The third kappa shape index (κ3) is 4.18. The Labute approximate surface area is 118 Å². The highest BCUT2D eigenvalue weighted by atomic mass is 32.2. The van der Waals surface area contributed by atoms with E-state index in [-0.39, 0.29) is 4.90 Å². The summed E-state index contributed by atoms with van der Waals surface area (Å²) in [7, 11) is 0. The van der Waals surface area contributed by atoms with Crippen molar-refractivity contribution in [3.05, 3.63) is 29.3 Å². The molecule has 1 fully saturated rings. The average molecular weight is 285 g/mol. The highest BCUT2D eigenvalue weighted by Gasteiger charge is 2.18. The van der Waals surface area contributed by atoms with Crippen LogP contribution < -0.4 is 5.32 Å². The van der Waals surface area contributed by atoms with Crippen molar-refractivity contribution in [1.82, 2.24) is 5.32 Å². The summed E-state index contributed by atoms with van der Waals surface area (Å²) in [6.45, 7) is 3.28. The van der Waals surface area contributed by atoms with E-state index in [2.05, 4.69) is 5.32 Å². The van der Waals surface area contributed by atoms with Crippen LogP contribution in [0.25, 0.3) is 0 Å². The molecule has 19 heavy (non-hydrogen) atoms. The van der Waals surface area contributed by atoms with Crippen molar-refractivity contribution in [2.45, 2.75) is 44.0 Å². The number of benzene rings is 1. The van der Waals surface area contributed by atoms with Gasteiger partial charge in [0.2, 0.25) is 0 Å². The van der Waals surface area contributed by atoms with E-state index in [0.717, 1.165) is 12.3 Å². The van der Waals surface area contributed by atoms with Gasteiger partial charge in [-0.2, -0.15) is 0 Å². The summed E-state index contributed by atoms with van der Waals surface area (Å²) < 4.78 is 27.8. The predicted octanol–water partition coefficient (Wildman–Crippen LogP) is 4.36. The standard InChI is InChI=1S/C15H21F2NS/c1-2-18-9-12-7-13(16)15(14(17)8-12)19-10-11-5-3-4-6-11/h7-8,11,18H,2-6,9-10H2,1H3. The minimum atomic E-state index is -0.420. The molecule has 0 heterocycles. The molecular formula is C15H21F2NS. The molecule has 0 radical (unpaired) electrons. The van der Waals surface area contributed by atoms with Gasteiger partial charge >= 0.3 is 0 Å². The quantitative estimate of drug-likeness (QED) is 0.780. The van der Waals surface area contributed by atoms with Crippen LogP contribution >= 0.6 is 11.8 Å². The Morgan fingerprint density at radius 1 is 1.21 bits per heavy atom. The van der Waals surface area contributed by atoms with Gasteiger partial charge in [0, 0.05) is 12.3 Å². The molecule has 1 aliphatic carbocycles. The summed E-state index contributed by atoms with van der Waals surface area (Å²) in [6.07, 6.45) is 4.93. The molecule has 1 N–H and O–H groups in total. The van der Waals surface area contributed by atoms with Crippen LogP contribution in [0.4, 0.5) is 8.78 Å². The normalized spacial score (nSPS) is 16.2. The van der Waals surface area contributed by atoms with Crippen molar-refractivity contribution in [3.63, 3.8) is 0 Å². The first kappa shape index (κ1) is 14.8. The molecule has 1 saturated carbocycles. The van der Waals surface area contributed by atoms with Crippen LogP contribution in [0.1, 0.15) is 38.2 Å². The maximum absolute atomic E-state index is 13.9. The lowest BCUT2D eigenvalue weighted by Crippen LogP contribution is -2.12. The maximum atomic E-state index is 13.9. The van der Waals surface area contributed by atoms with Gasteiger partial charge in [0.05, 0.1) is 4.90 Å². The molecule has 1 aromatic rings. The fourth-order valence-corrected chi connectivity index (χ4v) is 3.63. The second-order valence-electron chi connectivity index (χ2n) is 5.13. The van der Waals surface area contributed by atoms with Crippen LogP contribution in [0, 0.1) is 17.6 Å². The van der Waals surface area contributed by atoms with Crippen molar-refractivity contribution in [2.75, 3.05) is 12.3 Å². The number of hydrogen-bond donors (Lipinski definition) is 1. The van der Waals surface area contributed by atoms with Crippen molar-refractivity contribution < 1.29 is 8.78 Å². The monoisotopic (exact) mass is 285 g/mol. The largest absolute Gasteiger partial charge is 0.313 e. The summed E-state index contributed by atoms with van der Waals surface area (Å²) in [6, 6.07) is 2.89. The first-order chi connectivity index (χ1) is 9.20. The van der Waals surface area contributed by atoms with Gasteiger partial charge in [-0.15, -0.1) is 11.8 Å². The van der Waals surface area contributed by atoms with Crippen molar-refractivity contribution in [1.29, 1.82) is 0 Å². The number of rotatable bonds is 6. The van der Waals surface area contributed by atoms with Gasteiger partial charge in [-0.1, -0.05) is 19.8 Å². The van der Waals surface area contributed by atoms with Crippen LogP contribution in [0.15, 0.2) is 17.0 Å². The minimum absolute atomic E-state index is 0.187. The molecule has 0 aliphatic heterocycles. The fraction of sp³-hybridized carbons (Fsp3) is 0.600. The van der Waals surface area contributed by atoms with E-state index >= 15 is 0 Å². The Kier molecular flexibility index (Phi) is 5.64. The van der Waals surface area contributed by atoms with E-state index in [1.807, 2.05) is 6.92 Å². The van der Waals surface area contributed by atoms with E-state index < -0.39 is 11.6 Å². The van der Waals surface area contributed by atoms with Crippen LogP contribution in [-0.2, 0) is 6.54 Å². The molecular weight excluding hydrogens is 264 g/mol. The first-order valence-electron chi connectivity index (χ1n) is 7.02. The topological polar surface area (TPSA) is 12.0 Å². The third-order valence-corrected chi connectivity index (χ3v) is 4.89. The Bertz CT molecular complexity index is 394. The Hall–Kier alpha value is -0.610. The fourth-order valence-electron chi connectivity index (χ4n) is 2.50. The SMILES string of the molecule is CCNCc1cc(F)c(SCC2CCCC2)c(F)c1. The molecule has 2 rings (SSSR count). The average Bonchev–Trinajstić information content (AvgIpc) is 2.88. The highest BCUT2D eigenvalue weighted by molar-refractivity contribution is 7.99. The molecule has 1 aliphatic rings. The lowest BCUT2D eigenvalue weighted by atomic mass is 10.1. The van der Waals surface area contributed by atoms with Gasteiger partial charge in [-0.05, 0) is 43.0 Å². The smallest absolute Gasteiger partial charge is 0.140 e. The van der Waals surface area contributed by atoms with Gasteiger partial charge in [-0.3, -0.25) is 0 Å². The second kappa shape index (κ2) is 7.25. The molecule has 0 amide bonds. The summed E-state index contributed by atoms with van der Waals surface area (Å²) in [5.74, 6) is 0.623. The lowest BCUT2D eigenvalue weighted by Gasteiger charge is -2.11. The molecule has 0 bridgehead atoms.